The Morgan fingerprint density at radius 1 is 0.478 bits per heavy atom. The molecule has 4 aromatic carbocycles. The summed E-state index contributed by atoms with van der Waals surface area (Å²) in [6.07, 6.45) is 12.1. The van der Waals surface area contributed by atoms with Crippen LogP contribution in [0.2, 0.25) is 0 Å². The van der Waals surface area contributed by atoms with Gasteiger partial charge in [0.1, 0.15) is 18.7 Å². The van der Waals surface area contributed by atoms with E-state index in [1.54, 1.807) is 0 Å². The molecule has 0 saturated carbocycles. The fourth-order valence-corrected chi connectivity index (χ4v) is 19.3. The number of nitrogens with zero attached hydrogens (tertiary/aromatic N) is 7. The van der Waals surface area contributed by atoms with Gasteiger partial charge in [-0.3, -0.25) is 9.98 Å². The van der Waals surface area contributed by atoms with Crippen molar-refractivity contribution >= 4 is 155 Å². The summed E-state index contributed by atoms with van der Waals surface area (Å²) in [4.78, 5) is 19.6. The second kappa shape index (κ2) is 52.1. The summed E-state index contributed by atoms with van der Waals surface area (Å²) < 4.78 is 19.8. The summed E-state index contributed by atoms with van der Waals surface area (Å²) in [7, 11) is 42.1. The van der Waals surface area contributed by atoms with Gasteiger partial charge in [0.2, 0.25) is 17.9 Å². The Bertz CT molecular complexity index is 2510. The third-order valence-corrected chi connectivity index (χ3v) is 23.7. The molecule has 2 N–H and O–H groups in total. The van der Waals surface area contributed by atoms with E-state index >= 15 is 0 Å². The molecule has 5 fully saturated rings. The Balaban J connectivity index is 0.000000301. The van der Waals surface area contributed by atoms with Crippen molar-refractivity contribution in [1.29, 1.82) is 0 Å². The molecule has 0 aromatic heterocycles. The Morgan fingerprint density at radius 2 is 0.859 bits per heavy atom. The van der Waals surface area contributed by atoms with E-state index in [1.165, 1.54) is 98.2 Å². The number of hydrogen-bond acceptors (Lipinski definition) is 10. The van der Waals surface area contributed by atoms with Gasteiger partial charge in [-0.25, -0.2) is 39.2 Å². The molecule has 0 bridgehead atoms. The average molecular weight is 1630 g/mol. The summed E-state index contributed by atoms with van der Waals surface area (Å²) in [6.45, 7) is 40.5. The Hall–Kier alpha value is 0.0674. The molecular formula is C65H102Cl9Cr3N9O3P3+3. The molecule has 0 amide bonds. The number of ether oxygens (including phenoxy) is 3. The zero-order valence-corrected chi connectivity index (χ0v) is 68.9. The monoisotopic (exact) mass is 1620 g/mol. The minimum Gasteiger partial charge on any atom is -0.340 e. The molecule has 12 nitrogen and oxygen atoms in total. The SMILES string of the molecule is CC(C)[PH+](C(C)C)N1CCCN2CCCN=C21.Cc1ccccc1N=C(Nc1ccccc1C)N[PH+](C(C)C)C(C)C.[CH-]1CCCO1.[CH-]1CCCO1.[CH-]1CCCO1.[Cl][Cr+]([Cl])[Cl].[Cl][Cr+]([Cl])[Cl].[Cl][Cr+]([Cl])[Cl].c1ccc([PH+](c2ccccc2)N2CCCN3CCCN=C32)cc1. The number of para-hydroxylation sites is 2. The van der Waals surface area contributed by atoms with Crippen LogP contribution in [0.1, 0.15) is 131 Å². The molecule has 7 aliphatic heterocycles. The Morgan fingerprint density at radius 3 is 1.23 bits per heavy atom. The molecule has 7 heterocycles. The third-order valence-electron chi connectivity index (χ3n) is 14.6. The van der Waals surface area contributed by atoms with Gasteiger partial charge in [0, 0.05) is 64.8 Å². The van der Waals surface area contributed by atoms with Crippen LogP contribution in [0.15, 0.2) is 124 Å². The number of fused-ring (bicyclic) bond motifs is 2. The van der Waals surface area contributed by atoms with E-state index in [0.29, 0.717) is 11.3 Å². The molecule has 92 heavy (non-hydrogen) atoms. The predicted molar refractivity (Wildman–Crippen MR) is 405 cm³/mol. The van der Waals surface area contributed by atoms with Crippen molar-refractivity contribution in [2.24, 2.45) is 15.0 Å². The van der Waals surface area contributed by atoms with E-state index in [2.05, 4.69) is 196 Å². The fourth-order valence-electron chi connectivity index (χ4n) is 10.8. The molecule has 518 valence electrons. The standard InChI is InChI=1S/C21H30N3P.C19H22N3P.C13H26N3P.3C4H7O.9ClH.3Cr/c1-15(2)25(16(3)4)24-21(22-19-13-9-7-11-17(19)5)23-20-14-10-8-12-18(20)6;1-3-9-17(10-4-1)23(18-11-5-2-6-12-18)22-16-8-15-21-14-7-13-20-19(21)22;1-11(2)17(12(3)4)16-10-6-9-15-8-5-7-14-13(15)16;3*1-2-4-5-3-1;;;;;;;;;;;;/h7-16H,1-6H3,(H2,22,23,24);1-6,9-12H,7-8,13-16H2;11-12H,5-10H2,1-4H3;3*3H,1-2,4H2;9*1H;;;/q;;;3*-1;;;;;;;;;;3*+4/p-6. The molecule has 4 aromatic rings. The molecule has 0 unspecified atom stereocenters. The topological polar surface area (TPSA) is 102 Å². The van der Waals surface area contributed by atoms with Gasteiger partial charge in [-0.05, 0) is 142 Å². The average Bonchev–Trinajstić information content (AvgIpc) is 0.939. The smallest absolute Gasteiger partial charge is 0.229 e. The van der Waals surface area contributed by atoms with E-state index in [-0.39, 0.29) is 0 Å². The van der Waals surface area contributed by atoms with Crippen molar-refractivity contribution in [2.75, 3.05) is 77.5 Å². The van der Waals surface area contributed by atoms with E-state index in [4.69, 9.17) is 120 Å². The maximum Gasteiger partial charge on any atom is 0.229 e. The summed E-state index contributed by atoms with van der Waals surface area (Å²) in [5, 5.41) is 10.2. The Kier molecular flexibility index (Phi) is 48.9. The first-order valence-electron chi connectivity index (χ1n) is 31.7. The number of aliphatic imine (C=N–C) groups is 3. The van der Waals surface area contributed by atoms with E-state index in [0.717, 1.165) is 100 Å². The number of halogens is 9. The number of anilines is 1. The van der Waals surface area contributed by atoms with Gasteiger partial charge in [0.15, 0.2) is 8.07 Å². The van der Waals surface area contributed by atoms with Crippen LogP contribution in [0.5, 0.6) is 0 Å². The number of rotatable bonds is 11. The van der Waals surface area contributed by atoms with Gasteiger partial charge < -0.3 is 29.3 Å². The summed E-state index contributed by atoms with van der Waals surface area (Å²) in [5.74, 6) is 3.42. The van der Waals surface area contributed by atoms with Crippen LogP contribution in [-0.2, 0) is 48.4 Å². The van der Waals surface area contributed by atoms with Crippen LogP contribution in [0.4, 0.5) is 11.4 Å². The van der Waals surface area contributed by atoms with Gasteiger partial charge in [0.25, 0.3) is 0 Å². The van der Waals surface area contributed by atoms with Crippen molar-refractivity contribution in [2.45, 2.75) is 156 Å². The second-order valence-corrected chi connectivity index (χ2v) is 51.5. The number of aryl methyl sites for hydroxylation is 2. The van der Waals surface area contributed by atoms with Gasteiger partial charge in [-0.1, -0.05) is 92.1 Å². The van der Waals surface area contributed by atoms with Crippen molar-refractivity contribution < 1.29 is 48.4 Å². The third kappa shape index (κ3) is 36.9. The quantitative estimate of drug-likeness (QED) is 0.0658. The van der Waals surface area contributed by atoms with E-state index in [9.17, 15) is 0 Å². The minimum absolute atomic E-state index is 0.487. The zero-order valence-electron chi connectivity index (χ0n) is 55.3. The molecule has 0 spiro atoms. The summed E-state index contributed by atoms with van der Waals surface area (Å²) in [5.41, 5.74) is 7.31. The molecule has 27 heteroatoms. The van der Waals surface area contributed by atoms with Crippen LogP contribution < -0.4 is 21.0 Å². The largest absolute Gasteiger partial charge is 0.340 e. The van der Waals surface area contributed by atoms with Crippen molar-refractivity contribution in [3.8, 4) is 0 Å². The van der Waals surface area contributed by atoms with Crippen molar-refractivity contribution in [1.82, 2.24) is 24.2 Å². The van der Waals surface area contributed by atoms with Crippen LogP contribution >= 0.6 is 115 Å². The van der Waals surface area contributed by atoms with Crippen LogP contribution in [0.25, 0.3) is 0 Å². The van der Waals surface area contributed by atoms with Gasteiger partial charge in [0.05, 0.1) is 49.5 Å². The first-order valence-corrected chi connectivity index (χ1v) is 52.2. The van der Waals surface area contributed by atoms with E-state index in [1.807, 2.05) is 32.0 Å². The number of guanidine groups is 3. The Labute approximate surface area is 609 Å². The number of hydrogen-bond donors (Lipinski definition) is 2. The molecular weight excluding hydrogens is 1520 g/mol. The second-order valence-electron chi connectivity index (χ2n) is 23.0. The van der Waals surface area contributed by atoms with Crippen LogP contribution in [0, 0.1) is 33.7 Å². The number of benzene rings is 4. The van der Waals surface area contributed by atoms with Crippen molar-refractivity contribution in [3.05, 3.63) is 140 Å². The normalized spacial score (nSPS) is 16.8. The zero-order chi connectivity index (χ0) is 67.6. The van der Waals surface area contributed by atoms with Crippen LogP contribution in [0.3, 0.4) is 0 Å². The number of nitrogens with one attached hydrogen (secondary N) is 2. The maximum atomic E-state index is 4.93. The van der Waals surface area contributed by atoms with E-state index < -0.39 is 58.4 Å². The molecule has 5 saturated heterocycles. The predicted octanol–water partition coefficient (Wildman–Crippen LogP) is 20.2. The summed E-state index contributed by atoms with van der Waals surface area (Å²) in [6, 6.07) is 38.6. The molecule has 11 rings (SSSR count). The minimum atomic E-state index is -1.62. The fraction of sp³-hybridized carbons (Fsp3) is 0.538. The first kappa shape index (κ1) is 86.3. The molecule has 0 aliphatic carbocycles. The van der Waals surface area contributed by atoms with Crippen molar-refractivity contribution in [3.63, 3.8) is 0 Å². The molecule has 0 radical (unpaired) electrons. The van der Waals surface area contributed by atoms with Gasteiger partial charge >= 0.3 is 125 Å². The van der Waals surface area contributed by atoms with Crippen LogP contribution in [-0.4, -0.2) is 132 Å². The summed E-state index contributed by atoms with van der Waals surface area (Å²) >= 11 is -4.87. The molecule has 0 atom stereocenters. The maximum absolute atomic E-state index is 4.93. The van der Waals surface area contributed by atoms with Gasteiger partial charge in [-0.2, -0.15) is 19.3 Å². The molecule has 7 aliphatic rings. The van der Waals surface area contributed by atoms with Gasteiger partial charge in [-0.15, -0.1) is 0 Å². The first-order chi connectivity index (χ1) is 44.1.